The predicted octanol–water partition coefficient (Wildman–Crippen LogP) is 6.06. The van der Waals surface area contributed by atoms with Gasteiger partial charge in [-0.25, -0.2) is 0 Å². The maximum atomic E-state index is 12.7. The van der Waals surface area contributed by atoms with Gasteiger partial charge in [0, 0.05) is 18.5 Å². The maximum Gasteiger partial charge on any atom is 0.257 e. The number of rotatable bonds is 12. The van der Waals surface area contributed by atoms with E-state index in [0.29, 0.717) is 47.0 Å². The minimum atomic E-state index is -0.304. The van der Waals surface area contributed by atoms with Crippen LogP contribution in [0.3, 0.4) is 0 Å². The van der Waals surface area contributed by atoms with E-state index in [2.05, 4.69) is 45.6 Å². The van der Waals surface area contributed by atoms with Gasteiger partial charge in [-0.15, -0.1) is 0 Å². The fourth-order valence-corrected chi connectivity index (χ4v) is 4.01. The molecule has 0 aliphatic rings. The molecule has 36 heavy (non-hydrogen) atoms. The molecule has 0 bridgehead atoms. The highest BCUT2D eigenvalue weighted by molar-refractivity contribution is 9.10. The van der Waals surface area contributed by atoms with Crippen molar-refractivity contribution >= 4 is 39.2 Å². The highest BCUT2D eigenvalue weighted by atomic mass is 79.9. The topological polar surface area (TPSA) is 68.8 Å². The first-order valence-corrected chi connectivity index (χ1v) is 13.1. The molecule has 190 valence electrons. The van der Waals surface area contributed by atoms with Gasteiger partial charge in [0.05, 0.1) is 24.8 Å². The van der Waals surface area contributed by atoms with Gasteiger partial charge in [-0.2, -0.15) is 0 Å². The van der Waals surface area contributed by atoms with Crippen molar-refractivity contribution in [1.82, 2.24) is 10.6 Å². The third-order valence-electron chi connectivity index (χ3n) is 5.35. The smallest absolute Gasteiger partial charge is 0.257 e. The average Bonchev–Trinajstić information content (AvgIpc) is 2.89. The van der Waals surface area contributed by atoms with Gasteiger partial charge >= 0.3 is 0 Å². The zero-order valence-corrected chi connectivity index (χ0v) is 22.9. The van der Waals surface area contributed by atoms with E-state index in [1.165, 1.54) is 5.56 Å². The van der Waals surface area contributed by atoms with Crippen molar-refractivity contribution < 1.29 is 19.0 Å². The number of amides is 1. The molecule has 0 aromatic heterocycles. The summed E-state index contributed by atoms with van der Waals surface area (Å²) in [6.07, 6.45) is 2.86. The second-order valence-corrected chi connectivity index (χ2v) is 9.32. The van der Waals surface area contributed by atoms with Crippen LogP contribution in [0.1, 0.15) is 41.3 Å². The van der Waals surface area contributed by atoms with Crippen LogP contribution in [-0.4, -0.2) is 31.3 Å². The van der Waals surface area contributed by atoms with Gasteiger partial charge in [0.1, 0.15) is 5.75 Å². The SMILES string of the molecule is CCCCOc1ccc(CNC(=S)NC(=O)c2ccc(OCCc3ccccc3)c(Br)c2)cc1OC. The van der Waals surface area contributed by atoms with Crippen LogP contribution in [0.5, 0.6) is 17.2 Å². The molecule has 6 nitrogen and oxygen atoms in total. The largest absolute Gasteiger partial charge is 0.493 e. The van der Waals surface area contributed by atoms with E-state index in [0.717, 1.165) is 24.8 Å². The first kappa shape index (κ1) is 27.5. The van der Waals surface area contributed by atoms with E-state index >= 15 is 0 Å². The van der Waals surface area contributed by atoms with Crippen LogP contribution in [0.4, 0.5) is 0 Å². The normalized spacial score (nSPS) is 10.4. The van der Waals surface area contributed by atoms with E-state index in [1.807, 2.05) is 36.4 Å². The van der Waals surface area contributed by atoms with Crippen LogP contribution in [-0.2, 0) is 13.0 Å². The van der Waals surface area contributed by atoms with Crippen molar-refractivity contribution in [2.75, 3.05) is 20.3 Å². The van der Waals surface area contributed by atoms with Gasteiger partial charge in [-0.3, -0.25) is 10.1 Å². The fraction of sp³-hybridized carbons (Fsp3) is 0.286. The quantitative estimate of drug-likeness (QED) is 0.204. The van der Waals surface area contributed by atoms with Crippen LogP contribution in [0.2, 0.25) is 0 Å². The summed E-state index contributed by atoms with van der Waals surface area (Å²) in [4.78, 5) is 12.7. The summed E-state index contributed by atoms with van der Waals surface area (Å²) >= 11 is 8.81. The van der Waals surface area contributed by atoms with Crippen molar-refractivity contribution in [3.8, 4) is 17.2 Å². The molecule has 0 heterocycles. The van der Waals surface area contributed by atoms with Crippen molar-refractivity contribution in [3.05, 3.63) is 87.9 Å². The highest BCUT2D eigenvalue weighted by Crippen LogP contribution is 2.28. The van der Waals surface area contributed by atoms with Gasteiger partial charge in [-0.1, -0.05) is 49.7 Å². The lowest BCUT2D eigenvalue weighted by Gasteiger charge is -2.14. The zero-order valence-electron chi connectivity index (χ0n) is 20.5. The Labute approximate surface area is 226 Å². The minimum absolute atomic E-state index is 0.238. The molecule has 3 aromatic carbocycles. The zero-order chi connectivity index (χ0) is 25.8. The second-order valence-electron chi connectivity index (χ2n) is 8.05. The van der Waals surface area contributed by atoms with E-state index in [-0.39, 0.29) is 11.0 Å². The molecule has 0 unspecified atom stereocenters. The van der Waals surface area contributed by atoms with E-state index in [1.54, 1.807) is 25.3 Å². The number of nitrogens with one attached hydrogen (secondary N) is 2. The van der Waals surface area contributed by atoms with Gasteiger partial charge in [0.25, 0.3) is 5.91 Å². The van der Waals surface area contributed by atoms with E-state index < -0.39 is 0 Å². The number of thiocarbonyl (C=S) groups is 1. The first-order chi connectivity index (χ1) is 17.5. The van der Waals surface area contributed by atoms with Crippen molar-refractivity contribution in [3.63, 3.8) is 0 Å². The van der Waals surface area contributed by atoms with Crippen LogP contribution in [0, 0.1) is 0 Å². The molecule has 3 rings (SSSR count). The molecule has 8 heteroatoms. The fourth-order valence-electron chi connectivity index (χ4n) is 3.35. The van der Waals surface area contributed by atoms with Crippen molar-refractivity contribution in [2.24, 2.45) is 0 Å². The van der Waals surface area contributed by atoms with Gasteiger partial charge < -0.3 is 19.5 Å². The Hall–Kier alpha value is -3.10. The molecule has 0 fully saturated rings. The van der Waals surface area contributed by atoms with E-state index in [9.17, 15) is 4.79 Å². The summed E-state index contributed by atoms with van der Waals surface area (Å²) in [6, 6.07) is 21.1. The number of carbonyl (C=O) groups is 1. The van der Waals surface area contributed by atoms with Crippen LogP contribution < -0.4 is 24.8 Å². The Morgan fingerprint density at radius 2 is 1.67 bits per heavy atom. The molecule has 0 atom stereocenters. The summed E-state index contributed by atoms with van der Waals surface area (Å²) in [6.45, 7) is 3.74. The number of carbonyl (C=O) groups excluding carboxylic acids is 1. The average molecular weight is 572 g/mol. The summed E-state index contributed by atoms with van der Waals surface area (Å²) in [5.41, 5.74) is 2.63. The molecular formula is C28H31BrN2O4S. The third-order valence-corrected chi connectivity index (χ3v) is 6.21. The summed E-state index contributed by atoms with van der Waals surface area (Å²) in [7, 11) is 1.61. The predicted molar refractivity (Wildman–Crippen MR) is 150 cm³/mol. The Morgan fingerprint density at radius 1 is 0.917 bits per heavy atom. The molecule has 0 aliphatic carbocycles. The monoisotopic (exact) mass is 570 g/mol. The third kappa shape index (κ3) is 8.53. The Balaban J connectivity index is 1.48. The number of halogens is 1. The van der Waals surface area contributed by atoms with Crippen LogP contribution in [0.15, 0.2) is 71.2 Å². The lowest BCUT2D eigenvalue weighted by Crippen LogP contribution is -2.38. The lowest BCUT2D eigenvalue weighted by atomic mass is 10.2. The van der Waals surface area contributed by atoms with Gasteiger partial charge in [0.15, 0.2) is 16.6 Å². The standard InChI is InChI=1S/C28H31BrN2O4S/c1-3-4-15-34-25-12-10-21(17-26(25)33-2)19-30-28(36)31-27(32)22-11-13-24(23(29)18-22)35-16-14-20-8-6-5-7-9-20/h5-13,17-18H,3-4,14-16,19H2,1-2H3,(H2,30,31,32,36). The van der Waals surface area contributed by atoms with Crippen molar-refractivity contribution in [2.45, 2.75) is 32.7 Å². The van der Waals surface area contributed by atoms with Gasteiger partial charge in [-0.05, 0) is 76.0 Å². The summed E-state index contributed by atoms with van der Waals surface area (Å²) < 4.78 is 17.8. The molecule has 1 amide bonds. The molecule has 0 spiro atoms. The molecule has 0 saturated heterocycles. The number of benzene rings is 3. The minimum Gasteiger partial charge on any atom is -0.493 e. The Kier molecular flexibility index (Phi) is 11.0. The Morgan fingerprint density at radius 3 is 2.39 bits per heavy atom. The summed E-state index contributed by atoms with van der Waals surface area (Å²) in [5, 5.41) is 6.01. The molecule has 0 saturated carbocycles. The lowest BCUT2D eigenvalue weighted by molar-refractivity contribution is 0.0976. The number of methoxy groups -OCH3 is 1. The molecule has 3 aromatic rings. The number of unbranched alkanes of at least 4 members (excludes halogenated alkanes) is 1. The highest BCUT2D eigenvalue weighted by Gasteiger charge is 2.12. The van der Waals surface area contributed by atoms with Crippen LogP contribution >= 0.6 is 28.1 Å². The molecule has 0 aliphatic heterocycles. The van der Waals surface area contributed by atoms with Gasteiger partial charge in [0.2, 0.25) is 0 Å². The molecule has 0 radical (unpaired) electrons. The number of hydrogen-bond acceptors (Lipinski definition) is 5. The number of ether oxygens (including phenoxy) is 3. The van der Waals surface area contributed by atoms with Crippen LogP contribution in [0.25, 0.3) is 0 Å². The number of hydrogen-bond donors (Lipinski definition) is 2. The first-order valence-electron chi connectivity index (χ1n) is 11.8. The maximum absolute atomic E-state index is 12.7. The molecule has 2 N–H and O–H groups in total. The van der Waals surface area contributed by atoms with Crippen molar-refractivity contribution in [1.29, 1.82) is 0 Å². The summed E-state index contributed by atoms with van der Waals surface area (Å²) in [5.74, 6) is 1.75. The second kappa shape index (κ2) is 14.5. The van der Waals surface area contributed by atoms with E-state index in [4.69, 9.17) is 26.4 Å². The molecular weight excluding hydrogens is 540 g/mol. The Bertz CT molecular complexity index is 1160.